The van der Waals surface area contributed by atoms with Crippen LogP contribution in [0.3, 0.4) is 0 Å². The Kier molecular flexibility index (Phi) is 13.5. The van der Waals surface area contributed by atoms with Crippen LogP contribution < -0.4 is 8.61 Å². The van der Waals surface area contributed by atoms with Crippen LogP contribution in [-0.2, 0) is 39.7 Å². The van der Waals surface area contributed by atoms with E-state index >= 15 is 0 Å². The summed E-state index contributed by atoms with van der Waals surface area (Å²) < 4.78 is 116. The van der Waals surface area contributed by atoms with Crippen molar-refractivity contribution in [1.82, 2.24) is 29.9 Å². The molecule has 0 aliphatic carbocycles. The Morgan fingerprint density at radius 2 is 1.12 bits per heavy atom. The summed E-state index contributed by atoms with van der Waals surface area (Å²) in [6, 6.07) is 30.6. The third kappa shape index (κ3) is 10.7. The van der Waals surface area contributed by atoms with E-state index in [2.05, 4.69) is 32.0 Å². The van der Waals surface area contributed by atoms with E-state index in [1.165, 1.54) is 8.61 Å². The standard InChI is InChI=1S/C22H21F2N5O3S.C18H15F2N3O3S/c1-16-25-11-12-28(16)13-14-33(30,31)29(19-5-3-2-4-6-19)15-17-7-9-18(10-8-17)21-26-27-22(32-21)20(23)24;1-2-27(24,25)23(15-6-4-3-5-7-15)12-13-8-10-14(11-9-13)17-21-22-18(26-17)16(19)20/h2-12,20H,13-15H2,1H3;2-11,16H,1,12H2. The maximum Gasteiger partial charge on any atom is 0.314 e. The molecule has 4 aromatic carbocycles. The molecule has 0 N–H and O–H groups in total. The van der Waals surface area contributed by atoms with Crippen LogP contribution in [0.2, 0.25) is 0 Å². The van der Waals surface area contributed by atoms with Crippen molar-refractivity contribution in [2.45, 2.75) is 39.4 Å². The van der Waals surface area contributed by atoms with Crippen molar-refractivity contribution in [2.75, 3.05) is 14.4 Å². The zero-order valence-electron chi connectivity index (χ0n) is 31.7. The van der Waals surface area contributed by atoms with Crippen LogP contribution in [0.15, 0.2) is 142 Å². The van der Waals surface area contributed by atoms with E-state index in [1.807, 2.05) is 13.0 Å². The maximum absolute atomic E-state index is 13.3. The molecule has 20 heteroatoms. The number of sulfonamides is 2. The van der Waals surface area contributed by atoms with Gasteiger partial charge < -0.3 is 13.4 Å². The quantitative estimate of drug-likeness (QED) is 0.0855. The van der Waals surface area contributed by atoms with Gasteiger partial charge >= 0.3 is 12.9 Å². The van der Waals surface area contributed by atoms with Gasteiger partial charge in [0.15, 0.2) is 0 Å². The summed E-state index contributed by atoms with van der Waals surface area (Å²) in [5.74, 6) is -0.918. The first-order valence-electron chi connectivity index (χ1n) is 17.9. The predicted octanol–water partition coefficient (Wildman–Crippen LogP) is 8.37. The molecule has 14 nitrogen and oxygen atoms in total. The van der Waals surface area contributed by atoms with Crippen LogP contribution in [0.25, 0.3) is 22.9 Å². The zero-order chi connectivity index (χ0) is 42.9. The third-order valence-electron chi connectivity index (χ3n) is 8.76. The summed E-state index contributed by atoms with van der Waals surface area (Å²) in [5.41, 5.74) is 3.35. The van der Waals surface area contributed by atoms with Gasteiger partial charge in [-0.05, 0) is 66.6 Å². The molecule has 0 atom stereocenters. The zero-order valence-corrected chi connectivity index (χ0v) is 33.3. The topological polar surface area (TPSA) is 170 Å². The first kappa shape index (κ1) is 42.9. The molecule has 0 unspecified atom stereocenters. The predicted molar refractivity (Wildman–Crippen MR) is 214 cm³/mol. The summed E-state index contributed by atoms with van der Waals surface area (Å²) >= 11 is 0. The number of hydrogen-bond donors (Lipinski definition) is 0. The Balaban J connectivity index is 0.000000205. The van der Waals surface area contributed by atoms with E-state index in [4.69, 9.17) is 8.83 Å². The monoisotopic (exact) mass is 864 g/mol. The number of hydrogen-bond acceptors (Lipinski definition) is 11. The molecule has 0 amide bonds. The summed E-state index contributed by atoms with van der Waals surface area (Å²) in [5, 5.41) is 14.7. The second kappa shape index (κ2) is 18.9. The number of rotatable bonds is 16. The van der Waals surface area contributed by atoms with Gasteiger partial charge in [-0.2, -0.15) is 17.6 Å². The molecule has 0 saturated carbocycles. The lowest BCUT2D eigenvalue weighted by Gasteiger charge is -2.25. The average molecular weight is 865 g/mol. The Bertz CT molecular complexity index is 2700. The molecular formula is C40H36F4N8O6S2. The van der Waals surface area contributed by atoms with Crippen LogP contribution in [-0.4, -0.2) is 52.5 Å². The number of benzene rings is 4. The van der Waals surface area contributed by atoms with Gasteiger partial charge in [-0.25, -0.2) is 21.8 Å². The van der Waals surface area contributed by atoms with Gasteiger partial charge in [0.1, 0.15) is 5.82 Å². The fraction of sp³-hybridized carbons (Fsp3) is 0.175. The molecule has 3 aromatic heterocycles. The van der Waals surface area contributed by atoms with Crippen LogP contribution in [0.1, 0.15) is 41.6 Å². The molecule has 60 heavy (non-hydrogen) atoms. The number of aryl methyl sites for hydroxylation is 2. The number of anilines is 2. The van der Waals surface area contributed by atoms with Gasteiger partial charge in [0, 0.05) is 35.5 Å². The van der Waals surface area contributed by atoms with Crippen LogP contribution in [0.4, 0.5) is 28.9 Å². The van der Waals surface area contributed by atoms with Crippen molar-refractivity contribution in [2.24, 2.45) is 0 Å². The smallest absolute Gasteiger partial charge is 0.314 e. The molecule has 0 aliphatic rings. The number of nitrogens with zero attached hydrogens (tertiary/aromatic N) is 8. The molecule has 0 bridgehead atoms. The van der Waals surface area contributed by atoms with Crippen LogP contribution in [0, 0.1) is 6.92 Å². The summed E-state index contributed by atoms with van der Waals surface area (Å²) in [7, 11) is -7.38. The number of halogens is 4. The Morgan fingerprint density at radius 3 is 1.52 bits per heavy atom. The van der Waals surface area contributed by atoms with Crippen molar-refractivity contribution >= 4 is 31.4 Å². The SMILES string of the molecule is C=CS(=O)(=O)N(Cc1ccc(-c2nnc(C(F)F)o2)cc1)c1ccccc1.Cc1nccn1CCS(=O)(=O)N(Cc1ccc(-c2nnc(C(F)F)o2)cc1)c1ccccc1. The highest BCUT2D eigenvalue weighted by Crippen LogP contribution is 2.28. The van der Waals surface area contributed by atoms with Crippen molar-refractivity contribution in [3.8, 4) is 22.9 Å². The van der Waals surface area contributed by atoms with Crippen molar-refractivity contribution in [3.63, 3.8) is 0 Å². The summed E-state index contributed by atoms with van der Waals surface area (Å²) in [4.78, 5) is 4.13. The lowest BCUT2D eigenvalue weighted by Crippen LogP contribution is -2.34. The fourth-order valence-corrected chi connectivity index (χ4v) is 8.00. The molecule has 0 radical (unpaired) electrons. The van der Waals surface area contributed by atoms with Gasteiger partial charge in [0.2, 0.25) is 21.8 Å². The highest BCUT2D eigenvalue weighted by molar-refractivity contribution is 7.95. The van der Waals surface area contributed by atoms with E-state index < -0.39 is 44.7 Å². The van der Waals surface area contributed by atoms with Gasteiger partial charge in [-0.15, -0.1) is 20.4 Å². The first-order chi connectivity index (χ1) is 28.7. The number of aromatic nitrogens is 6. The van der Waals surface area contributed by atoms with Crippen molar-refractivity contribution in [1.29, 1.82) is 0 Å². The molecule has 0 spiro atoms. The van der Waals surface area contributed by atoms with E-state index in [0.717, 1.165) is 11.2 Å². The number of para-hydroxylation sites is 2. The minimum Gasteiger partial charge on any atom is -0.415 e. The molecule has 0 saturated heterocycles. The fourth-order valence-electron chi connectivity index (χ4n) is 5.64. The normalized spacial score (nSPS) is 11.7. The average Bonchev–Trinajstić information content (AvgIpc) is 4.05. The number of imidazole rings is 1. The Morgan fingerprint density at radius 1 is 0.667 bits per heavy atom. The summed E-state index contributed by atoms with van der Waals surface area (Å²) in [6.45, 7) is 5.64. The molecule has 7 rings (SSSR count). The lowest BCUT2D eigenvalue weighted by atomic mass is 10.1. The molecular weight excluding hydrogens is 829 g/mol. The van der Waals surface area contributed by atoms with Gasteiger partial charge in [-0.1, -0.05) is 67.2 Å². The van der Waals surface area contributed by atoms with Crippen molar-refractivity contribution in [3.05, 3.63) is 162 Å². The molecule has 0 aliphatic heterocycles. The van der Waals surface area contributed by atoms with E-state index in [1.54, 1.807) is 120 Å². The molecule has 312 valence electrons. The first-order valence-corrected chi connectivity index (χ1v) is 21.0. The van der Waals surface area contributed by atoms with Gasteiger partial charge in [0.05, 0.1) is 30.2 Å². The Hall–Kier alpha value is -6.67. The second-order valence-electron chi connectivity index (χ2n) is 12.8. The molecule has 7 aromatic rings. The highest BCUT2D eigenvalue weighted by Gasteiger charge is 2.24. The summed E-state index contributed by atoms with van der Waals surface area (Å²) in [6.07, 6.45) is -2.31. The largest absolute Gasteiger partial charge is 0.415 e. The van der Waals surface area contributed by atoms with Gasteiger partial charge in [0.25, 0.3) is 21.8 Å². The van der Waals surface area contributed by atoms with E-state index in [-0.39, 0.29) is 37.2 Å². The lowest BCUT2D eigenvalue weighted by molar-refractivity contribution is 0.115. The number of alkyl halides is 4. The van der Waals surface area contributed by atoms with Gasteiger partial charge in [-0.3, -0.25) is 8.61 Å². The third-order valence-corrected chi connectivity index (χ3v) is 11.8. The molecule has 0 fully saturated rings. The van der Waals surface area contributed by atoms with Crippen molar-refractivity contribution < 1.29 is 43.2 Å². The van der Waals surface area contributed by atoms with Crippen LogP contribution >= 0.6 is 0 Å². The van der Waals surface area contributed by atoms with E-state index in [0.29, 0.717) is 33.6 Å². The highest BCUT2D eigenvalue weighted by atomic mass is 32.2. The second-order valence-corrected chi connectivity index (χ2v) is 16.6. The van der Waals surface area contributed by atoms with E-state index in [9.17, 15) is 34.4 Å². The maximum atomic E-state index is 13.3. The minimum atomic E-state index is -3.71. The Labute approximate surface area is 342 Å². The van der Waals surface area contributed by atoms with Crippen LogP contribution in [0.5, 0.6) is 0 Å². The minimum absolute atomic E-state index is 0.0277. The molecule has 3 heterocycles.